The van der Waals surface area contributed by atoms with Crippen molar-refractivity contribution in [1.82, 2.24) is 0 Å². The normalized spacial score (nSPS) is 12.1. The van der Waals surface area contributed by atoms with E-state index < -0.39 is 12.1 Å². The smallest absolute Gasteiger partial charge is 0.339 e. The quantitative estimate of drug-likeness (QED) is 0.868. The maximum Gasteiger partial charge on any atom is 0.339 e. The van der Waals surface area contributed by atoms with E-state index in [1.54, 1.807) is 13.0 Å². The summed E-state index contributed by atoms with van der Waals surface area (Å²) in [5, 5.41) is 9.91. The Morgan fingerprint density at radius 2 is 2.18 bits per heavy atom. The molecular formula is C12H15BrO4. The fraction of sp³-hybridized carbons (Fsp3) is 0.417. The predicted octanol–water partition coefficient (Wildman–Crippen LogP) is 2.36. The molecule has 0 fully saturated rings. The van der Waals surface area contributed by atoms with E-state index in [9.17, 15) is 9.90 Å². The van der Waals surface area contributed by atoms with Crippen LogP contribution in [0.15, 0.2) is 16.6 Å². The molecule has 17 heavy (non-hydrogen) atoms. The number of ether oxygens (including phenoxy) is 2. The Labute approximate surface area is 109 Å². The highest BCUT2D eigenvalue weighted by atomic mass is 79.9. The van der Waals surface area contributed by atoms with Crippen molar-refractivity contribution in [2.45, 2.75) is 20.0 Å². The first-order chi connectivity index (χ1) is 8.01. The summed E-state index contributed by atoms with van der Waals surface area (Å²) in [6.07, 6.45) is -1.33. The van der Waals surface area contributed by atoms with Crippen LogP contribution in [-0.4, -0.2) is 24.8 Å². The Kier molecular flexibility index (Phi) is 4.96. The minimum atomic E-state index is -1.33. The summed E-state index contributed by atoms with van der Waals surface area (Å²) in [6, 6.07) is 3.49. The molecule has 1 aromatic rings. The number of carbonyl (C=O) groups excluding carboxylic acids is 1. The van der Waals surface area contributed by atoms with Crippen LogP contribution in [0.5, 0.6) is 5.75 Å². The number of aliphatic hydroxyl groups is 1. The van der Waals surface area contributed by atoms with Gasteiger partial charge in [-0.3, -0.25) is 0 Å². The van der Waals surface area contributed by atoms with Gasteiger partial charge in [0, 0.05) is 10.0 Å². The number of aryl methyl sites for hydroxylation is 1. The zero-order chi connectivity index (χ0) is 13.0. The highest BCUT2D eigenvalue weighted by Crippen LogP contribution is 2.32. The maximum atomic E-state index is 11.5. The number of methoxy groups -OCH3 is 1. The van der Waals surface area contributed by atoms with Gasteiger partial charge in [0.15, 0.2) is 6.10 Å². The summed E-state index contributed by atoms with van der Waals surface area (Å²) < 4.78 is 10.7. The Bertz CT molecular complexity index is 417. The van der Waals surface area contributed by atoms with Gasteiger partial charge in [-0.15, -0.1) is 0 Å². The molecule has 0 heterocycles. The van der Waals surface area contributed by atoms with E-state index >= 15 is 0 Å². The van der Waals surface area contributed by atoms with Crippen LogP contribution in [-0.2, 0) is 9.53 Å². The molecule has 0 aliphatic carbocycles. The predicted molar refractivity (Wildman–Crippen MR) is 67.0 cm³/mol. The lowest BCUT2D eigenvalue weighted by Gasteiger charge is -2.16. The van der Waals surface area contributed by atoms with Crippen molar-refractivity contribution in [2.75, 3.05) is 13.7 Å². The number of halogens is 1. The largest absolute Gasteiger partial charge is 0.496 e. The molecule has 5 heteroatoms. The first-order valence-corrected chi connectivity index (χ1v) is 5.99. The van der Waals surface area contributed by atoms with Gasteiger partial charge in [-0.25, -0.2) is 4.79 Å². The van der Waals surface area contributed by atoms with Crippen LogP contribution in [0.1, 0.15) is 24.2 Å². The summed E-state index contributed by atoms with van der Waals surface area (Å²) in [5.41, 5.74) is 1.23. The van der Waals surface area contributed by atoms with Crippen molar-refractivity contribution in [2.24, 2.45) is 0 Å². The van der Waals surface area contributed by atoms with Crippen molar-refractivity contribution in [3.63, 3.8) is 0 Å². The molecule has 0 amide bonds. The average Bonchev–Trinajstić information content (AvgIpc) is 2.27. The molecule has 1 aromatic carbocycles. The SMILES string of the molecule is CCOC(=O)C(O)c1cc(Br)cc(C)c1OC. The third kappa shape index (κ3) is 3.20. The fourth-order valence-electron chi connectivity index (χ4n) is 1.59. The Morgan fingerprint density at radius 1 is 1.53 bits per heavy atom. The molecule has 0 aliphatic heterocycles. The van der Waals surface area contributed by atoms with Crippen LogP contribution in [0.25, 0.3) is 0 Å². The molecule has 0 radical (unpaired) electrons. The Morgan fingerprint density at radius 3 is 2.71 bits per heavy atom. The number of esters is 1. The molecule has 1 atom stereocenters. The van der Waals surface area contributed by atoms with E-state index in [4.69, 9.17) is 9.47 Å². The van der Waals surface area contributed by atoms with Crippen LogP contribution in [0.3, 0.4) is 0 Å². The van der Waals surface area contributed by atoms with Gasteiger partial charge in [0.2, 0.25) is 0 Å². The van der Waals surface area contributed by atoms with E-state index in [2.05, 4.69) is 15.9 Å². The average molecular weight is 303 g/mol. The second-order valence-electron chi connectivity index (χ2n) is 3.50. The van der Waals surface area contributed by atoms with E-state index in [-0.39, 0.29) is 6.61 Å². The Balaban J connectivity index is 3.15. The number of aliphatic hydroxyl groups excluding tert-OH is 1. The monoisotopic (exact) mass is 302 g/mol. The van der Waals surface area contributed by atoms with Gasteiger partial charge >= 0.3 is 5.97 Å². The summed E-state index contributed by atoms with van der Waals surface area (Å²) in [5.74, 6) is -0.183. The molecule has 0 aliphatic rings. The number of hydrogen-bond acceptors (Lipinski definition) is 4. The van der Waals surface area contributed by atoms with Gasteiger partial charge in [-0.1, -0.05) is 15.9 Å². The summed E-state index contributed by atoms with van der Waals surface area (Å²) in [7, 11) is 1.50. The zero-order valence-corrected chi connectivity index (χ0v) is 11.6. The summed E-state index contributed by atoms with van der Waals surface area (Å²) in [4.78, 5) is 11.5. The van der Waals surface area contributed by atoms with Gasteiger partial charge in [-0.05, 0) is 31.5 Å². The lowest BCUT2D eigenvalue weighted by Crippen LogP contribution is -2.16. The Hall–Kier alpha value is -1.07. The van der Waals surface area contributed by atoms with Crippen LogP contribution >= 0.6 is 15.9 Å². The molecule has 1 N–H and O–H groups in total. The third-order valence-electron chi connectivity index (χ3n) is 2.28. The molecule has 4 nitrogen and oxygen atoms in total. The van der Waals surface area contributed by atoms with Gasteiger partial charge in [-0.2, -0.15) is 0 Å². The van der Waals surface area contributed by atoms with Crippen molar-refractivity contribution in [1.29, 1.82) is 0 Å². The minimum Gasteiger partial charge on any atom is -0.496 e. The highest BCUT2D eigenvalue weighted by Gasteiger charge is 2.23. The first-order valence-electron chi connectivity index (χ1n) is 5.20. The second kappa shape index (κ2) is 6.02. The van der Waals surface area contributed by atoms with Crippen LogP contribution < -0.4 is 4.74 Å². The zero-order valence-electron chi connectivity index (χ0n) is 9.99. The number of rotatable bonds is 4. The molecule has 1 rings (SSSR count). The lowest BCUT2D eigenvalue weighted by molar-refractivity contribution is -0.153. The molecule has 0 saturated carbocycles. The number of benzene rings is 1. The highest BCUT2D eigenvalue weighted by molar-refractivity contribution is 9.10. The van der Waals surface area contributed by atoms with E-state index in [1.165, 1.54) is 7.11 Å². The molecule has 1 unspecified atom stereocenters. The van der Waals surface area contributed by atoms with Gasteiger partial charge < -0.3 is 14.6 Å². The first kappa shape index (κ1) is 14.0. The fourth-order valence-corrected chi connectivity index (χ4v) is 2.18. The van der Waals surface area contributed by atoms with Crippen LogP contribution in [0, 0.1) is 6.92 Å². The van der Waals surface area contributed by atoms with E-state index in [0.29, 0.717) is 11.3 Å². The van der Waals surface area contributed by atoms with Gasteiger partial charge in [0.25, 0.3) is 0 Å². The van der Waals surface area contributed by atoms with Crippen LogP contribution in [0.4, 0.5) is 0 Å². The lowest BCUT2D eigenvalue weighted by atomic mass is 10.0. The van der Waals surface area contributed by atoms with Crippen molar-refractivity contribution < 1.29 is 19.4 Å². The van der Waals surface area contributed by atoms with Crippen LogP contribution in [0.2, 0.25) is 0 Å². The maximum absolute atomic E-state index is 11.5. The van der Waals surface area contributed by atoms with E-state index in [1.807, 2.05) is 13.0 Å². The summed E-state index contributed by atoms with van der Waals surface area (Å²) in [6.45, 7) is 3.75. The number of hydrogen-bond donors (Lipinski definition) is 1. The topological polar surface area (TPSA) is 55.8 Å². The molecule has 0 aromatic heterocycles. The van der Waals surface area contributed by atoms with Crippen molar-refractivity contribution in [3.05, 3.63) is 27.7 Å². The second-order valence-corrected chi connectivity index (χ2v) is 4.42. The minimum absolute atomic E-state index is 0.227. The number of carbonyl (C=O) groups is 1. The standard InChI is InChI=1S/C12H15BrO4/c1-4-17-12(15)10(14)9-6-8(13)5-7(2)11(9)16-3/h5-6,10,14H,4H2,1-3H3. The molecule has 94 valence electrons. The molecule has 0 bridgehead atoms. The molecular weight excluding hydrogens is 288 g/mol. The summed E-state index contributed by atoms with van der Waals surface area (Å²) >= 11 is 3.31. The van der Waals surface area contributed by atoms with E-state index in [0.717, 1.165) is 10.0 Å². The van der Waals surface area contributed by atoms with Gasteiger partial charge in [0.05, 0.1) is 13.7 Å². The van der Waals surface area contributed by atoms with Crippen molar-refractivity contribution in [3.8, 4) is 5.75 Å². The molecule has 0 spiro atoms. The third-order valence-corrected chi connectivity index (χ3v) is 2.73. The van der Waals surface area contributed by atoms with Crippen molar-refractivity contribution >= 4 is 21.9 Å². The molecule has 0 saturated heterocycles. The van der Waals surface area contributed by atoms with Gasteiger partial charge in [0.1, 0.15) is 5.75 Å².